The number of hydrogen-bond donors (Lipinski definition) is 1. The second kappa shape index (κ2) is 6.33. The number of aromatic nitrogens is 2. The molecule has 0 amide bonds. The van der Waals surface area contributed by atoms with Gasteiger partial charge in [0.15, 0.2) is 0 Å². The van der Waals surface area contributed by atoms with E-state index in [0.29, 0.717) is 6.54 Å². The Labute approximate surface area is 102 Å². The third-order valence-electron chi connectivity index (χ3n) is 2.79. The summed E-state index contributed by atoms with van der Waals surface area (Å²) in [5.41, 5.74) is 5.81. The third-order valence-corrected chi connectivity index (χ3v) is 2.79. The molecule has 0 aromatic carbocycles. The van der Waals surface area contributed by atoms with Crippen molar-refractivity contribution in [1.29, 1.82) is 0 Å². The Kier molecular flexibility index (Phi) is 6.20. The molecule has 1 aromatic rings. The highest BCUT2D eigenvalue weighted by atomic mass is 35.5. The zero-order chi connectivity index (χ0) is 9.15. The summed E-state index contributed by atoms with van der Waals surface area (Å²) in [6.45, 7) is 2.21. The average Bonchev–Trinajstić information content (AvgIpc) is 2.72. The van der Waals surface area contributed by atoms with Crippen molar-refractivity contribution in [3.8, 4) is 0 Å². The first-order valence-corrected chi connectivity index (χ1v) is 4.65. The molecule has 0 aliphatic carbocycles. The number of nitrogens with zero attached hydrogens (tertiary/aromatic N) is 2. The maximum absolute atomic E-state index is 5.81. The van der Waals surface area contributed by atoms with Crippen LogP contribution in [0.25, 0.3) is 0 Å². The lowest BCUT2D eigenvalue weighted by atomic mass is 9.90. The predicted octanol–water partition coefficient (Wildman–Crippen LogP) is 1.19. The highest BCUT2D eigenvalue weighted by Gasteiger charge is 2.33. The van der Waals surface area contributed by atoms with Gasteiger partial charge in [-0.3, -0.25) is 4.68 Å². The number of hydrogen-bond acceptors (Lipinski definition) is 3. The van der Waals surface area contributed by atoms with E-state index in [0.717, 1.165) is 26.1 Å². The fourth-order valence-electron chi connectivity index (χ4n) is 1.83. The maximum atomic E-state index is 5.81. The minimum Gasteiger partial charge on any atom is -0.381 e. The van der Waals surface area contributed by atoms with Gasteiger partial charge in [-0.1, -0.05) is 0 Å². The zero-order valence-electron chi connectivity index (χ0n) is 8.46. The molecule has 2 rings (SSSR count). The fraction of sp³-hybridized carbons (Fsp3) is 0.667. The van der Waals surface area contributed by atoms with Gasteiger partial charge in [0.1, 0.15) is 0 Å². The van der Waals surface area contributed by atoms with Crippen LogP contribution in [-0.4, -0.2) is 29.5 Å². The Hall–Kier alpha value is -0.290. The molecule has 0 bridgehead atoms. The lowest BCUT2D eigenvalue weighted by molar-refractivity contribution is 0.0193. The molecule has 6 heteroatoms. The second-order valence-electron chi connectivity index (χ2n) is 3.49. The Bertz CT molecular complexity index is 260. The van der Waals surface area contributed by atoms with E-state index >= 15 is 0 Å². The van der Waals surface area contributed by atoms with Gasteiger partial charge in [0.05, 0.1) is 5.54 Å². The van der Waals surface area contributed by atoms with E-state index in [2.05, 4.69) is 5.10 Å². The summed E-state index contributed by atoms with van der Waals surface area (Å²) in [4.78, 5) is 0. The van der Waals surface area contributed by atoms with Crippen LogP contribution >= 0.6 is 24.8 Å². The van der Waals surface area contributed by atoms with Gasteiger partial charge >= 0.3 is 0 Å². The van der Waals surface area contributed by atoms with E-state index in [4.69, 9.17) is 10.5 Å². The molecule has 0 spiro atoms. The monoisotopic (exact) mass is 253 g/mol. The molecular weight excluding hydrogens is 237 g/mol. The summed E-state index contributed by atoms with van der Waals surface area (Å²) >= 11 is 0. The minimum absolute atomic E-state index is 0. The molecule has 2 heterocycles. The molecule has 88 valence electrons. The van der Waals surface area contributed by atoms with Gasteiger partial charge in [-0.15, -0.1) is 24.8 Å². The van der Waals surface area contributed by atoms with Crippen LogP contribution in [0, 0.1) is 0 Å². The van der Waals surface area contributed by atoms with Crippen LogP contribution in [-0.2, 0) is 10.3 Å². The highest BCUT2D eigenvalue weighted by molar-refractivity contribution is 5.85. The van der Waals surface area contributed by atoms with Crippen LogP contribution in [0.4, 0.5) is 0 Å². The molecule has 1 aliphatic rings. The van der Waals surface area contributed by atoms with Crippen LogP contribution in [0.2, 0.25) is 0 Å². The van der Waals surface area contributed by atoms with Gasteiger partial charge in [-0.05, 0) is 18.9 Å². The molecule has 0 saturated carbocycles. The second-order valence-corrected chi connectivity index (χ2v) is 3.49. The zero-order valence-corrected chi connectivity index (χ0v) is 10.1. The van der Waals surface area contributed by atoms with E-state index in [9.17, 15) is 0 Å². The van der Waals surface area contributed by atoms with Crippen LogP contribution in [0.15, 0.2) is 18.5 Å². The number of halogens is 2. The highest BCUT2D eigenvalue weighted by Crippen LogP contribution is 2.26. The Morgan fingerprint density at radius 2 is 2.00 bits per heavy atom. The Balaban J connectivity index is 0.000000980. The molecular formula is C9H17Cl2N3O. The standard InChI is InChI=1S/C9H15N3O.2ClH/c10-8-9(2-6-13-7-3-9)12-5-1-4-11-12;;/h1,4-5H,2-3,6-8,10H2;2*1H. The largest absolute Gasteiger partial charge is 0.381 e. The van der Waals surface area contributed by atoms with Crippen molar-refractivity contribution in [2.24, 2.45) is 5.73 Å². The van der Waals surface area contributed by atoms with Crippen molar-refractivity contribution in [1.82, 2.24) is 9.78 Å². The molecule has 1 aliphatic heterocycles. The smallest absolute Gasteiger partial charge is 0.0792 e. The van der Waals surface area contributed by atoms with Crippen molar-refractivity contribution >= 4 is 24.8 Å². The SMILES string of the molecule is Cl.Cl.NCC1(n2cccn2)CCOCC1. The van der Waals surface area contributed by atoms with Crippen molar-refractivity contribution in [3.05, 3.63) is 18.5 Å². The van der Waals surface area contributed by atoms with Gasteiger partial charge in [-0.2, -0.15) is 5.10 Å². The molecule has 0 radical (unpaired) electrons. The Morgan fingerprint density at radius 1 is 1.33 bits per heavy atom. The molecule has 1 saturated heterocycles. The normalized spacial score (nSPS) is 18.7. The van der Waals surface area contributed by atoms with E-state index < -0.39 is 0 Å². The summed E-state index contributed by atoms with van der Waals surface area (Å²) in [5.74, 6) is 0. The van der Waals surface area contributed by atoms with Gasteiger partial charge in [0, 0.05) is 32.2 Å². The van der Waals surface area contributed by atoms with Gasteiger partial charge < -0.3 is 10.5 Å². The van der Waals surface area contributed by atoms with Crippen LogP contribution in [0.1, 0.15) is 12.8 Å². The van der Waals surface area contributed by atoms with Crippen molar-refractivity contribution in [2.75, 3.05) is 19.8 Å². The lowest BCUT2D eigenvalue weighted by Gasteiger charge is -2.36. The summed E-state index contributed by atoms with van der Waals surface area (Å²) in [7, 11) is 0. The van der Waals surface area contributed by atoms with Crippen molar-refractivity contribution in [2.45, 2.75) is 18.4 Å². The summed E-state index contributed by atoms with van der Waals surface area (Å²) < 4.78 is 7.31. The van der Waals surface area contributed by atoms with E-state index in [1.165, 1.54) is 0 Å². The van der Waals surface area contributed by atoms with Gasteiger partial charge in [0.2, 0.25) is 0 Å². The van der Waals surface area contributed by atoms with E-state index in [1.807, 2.05) is 16.9 Å². The topological polar surface area (TPSA) is 53.1 Å². The molecule has 1 aromatic heterocycles. The van der Waals surface area contributed by atoms with Crippen molar-refractivity contribution < 1.29 is 4.74 Å². The van der Waals surface area contributed by atoms with E-state index in [-0.39, 0.29) is 30.4 Å². The average molecular weight is 254 g/mol. The first kappa shape index (κ1) is 14.7. The molecule has 0 unspecified atom stereocenters. The van der Waals surface area contributed by atoms with Gasteiger partial charge in [0.25, 0.3) is 0 Å². The lowest BCUT2D eigenvalue weighted by Crippen LogP contribution is -2.45. The first-order chi connectivity index (χ1) is 6.37. The van der Waals surface area contributed by atoms with Crippen molar-refractivity contribution in [3.63, 3.8) is 0 Å². The van der Waals surface area contributed by atoms with Crippen LogP contribution in [0.5, 0.6) is 0 Å². The first-order valence-electron chi connectivity index (χ1n) is 4.65. The molecule has 15 heavy (non-hydrogen) atoms. The maximum Gasteiger partial charge on any atom is 0.0792 e. The quantitative estimate of drug-likeness (QED) is 0.862. The summed E-state index contributed by atoms with van der Waals surface area (Å²) in [5, 5.41) is 4.26. The predicted molar refractivity (Wildman–Crippen MR) is 63.8 cm³/mol. The Morgan fingerprint density at radius 3 is 2.47 bits per heavy atom. The molecule has 1 fully saturated rings. The minimum atomic E-state index is 0. The number of ether oxygens (including phenoxy) is 1. The summed E-state index contributed by atoms with van der Waals surface area (Å²) in [6.07, 6.45) is 5.71. The van der Waals surface area contributed by atoms with Gasteiger partial charge in [-0.25, -0.2) is 0 Å². The summed E-state index contributed by atoms with van der Waals surface area (Å²) in [6, 6.07) is 1.94. The van der Waals surface area contributed by atoms with Crippen LogP contribution < -0.4 is 5.73 Å². The number of nitrogens with two attached hydrogens (primary N) is 1. The van der Waals surface area contributed by atoms with E-state index in [1.54, 1.807) is 6.20 Å². The van der Waals surface area contributed by atoms with Crippen LogP contribution in [0.3, 0.4) is 0 Å². The molecule has 4 nitrogen and oxygen atoms in total. The third kappa shape index (κ3) is 2.84. The number of rotatable bonds is 2. The fourth-order valence-corrected chi connectivity index (χ4v) is 1.83. The molecule has 2 N–H and O–H groups in total. The molecule has 0 atom stereocenters.